The molecule has 0 saturated heterocycles. The molecule has 2 unspecified atom stereocenters. The zero-order valence-corrected chi connectivity index (χ0v) is 9.90. The number of hydrogen-bond donors (Lipinski definition) is 1. The van der Waals surface area contributed by atoms with Crippen molar-refractivity contribution in [3.63, 3.8) is 0 Å². The first-order chi connectivity index (χ1) is 8.04. The highest BCUT2D eigenvalue weighted by molar-refractivity contribution is 5.29. The number of nitrogens with two attached hydrogens (primary N) is 1. The fraction of sp³-hybridized carbons (Fsp3) is 0.500. The lowest BCUT2D eigenvalue weighted by Crippen LogP contribution is -2.28. The standard InChI is InChI=1S/C12H17F2NO2/c1-8(15)12(17-7-11(13)14)9-3-5-10(16-2)6-4-9/h3-6,8,11-12H,7,15H2,1-2H3. The van der Waals surface area contributed by atoms with Gasteiger partial charge in [-0.2, -0.15) is 0 Å². The summed E-state index contributed by atoms with van der Waals surface area (Å²) in [5, 5.41) is 0. The Morgan fingerprint density at radius 3 is 2.24 bits per heavy atom. The largest absolute Gasteiger partial charge is 0.497 e. The second-order valence-electron chi connectivity index (χ2n) is 3.78. The molecule has 2 atom stereocenters. The van der Waals surface area contributed by atoms with Gasteiger partial charge in [0, 0.05) is 6.04 Å². The SMILES string of the molecule is COc1ccc(C(OCC(F)F)C(C)N)cc1. The summed E-state index contributed by atoms with van der Waals surface area (Å²) in [7, 11) is 1.56. The van der Waals surface area contributed by atoms with Gasteiger partial charge in [0.05, 0.1) is 13.2 Å². The van der Waals surface area contributed by atoms with Crippen molar-refractivity contribution < 1.29 is 18.3 Å². The monoisotopic (exact) mass is 245 g/mol. The molecule has 0 aromatic heterocycles. The first kappa shape index (κ1) is 13.9. The summed E-state index contributed by atoms with van der Waals surface area (Å²) in [5.41, 5.74) is 6.49. The van der Waals surface area contributed by atoms with E-state index in [9.17, 15) is 8.78 Å². The smallest absolute Gasteiger partial charge is 0.261 e. The van der Waals surface area contributed by atoms with Crippen molar-refractivity contribution in [1.82, 2.24) is 0 Å². The van der Waals surface area contributed by atoms with Crippen molar-refractivity contribution in [1.29, 1.82) is 0 Å². The Morgan fingerprint density at radius 2 is 1.82 bits per heavy atom. The molecule has 0 spiro atoms. The number of methoxy groups -OCH3 is 1. The van der Waals surface area contributed by atoms with Gasteiger partial charge in [-0.1, -0.05) is 12.1 Å². The van der Waals surface area contributed by atoms with E-state index in [0.29, 0.717) is 5.75 Å². The molecule has 3 nitrogen and oxygen atoms in total. The Kier molecular flexibility index (Phi) is 5.31. The number of alkyl halides is 2. The minimum Gasteiger partial charge on any atom is -0.497 e. The molecule has 0 amide bonds. The summed E-state index contributed by atoms with van der Waals surface area (Å²) < 4.78 is 34.3. The number of ether oxygens (including phenoxy) is 2. The van der Waals surface area contributed by atoms with Gasteiger partial charge in [0.15, 0.2) is 0 Å². The predicted molar refractivity (Wildman–Crippen MR) is 61.3 cm³/mol. The van der Waals surface area contributed by atoms with E-state index in [4.69, 9.17) is 15.2 Å². The van der Waals surface area contributed by atoms with Crippen molar-refractivity contribution >= 4 is 0 Å². The van der Waals surface area contributed by atoms with E-state index < -0.39 is 19.1 Å². The highest BCUT2D eigenvalue weighted by Gasteiger charge is 2.18. The van der Waals surface area contributed by atoms with Crippen molar-refractivity contribution in [2.45, 2.75) is 25.5 Å². The number of hydrogen-bond acceptors (Lipinski definition) is 3. The molecule has 0 aliphatic rings. The first-order valence-electron chi connectivity index (χ1n) is 5.34. The van der Waals surface area contributed by atoms with Gasteiger partial charge < -0.3 is 15.2 Å². The Bertz CT molecular complexity index is 328. The normalized spacial score (nSPS) is 14.7. The van der Waals surface area contributed by atoms with Crippen LogP contribution in [-0.4, -0.2) is 26.2 Å². The highest BCUT2D eigenvalue weighted by Crippen LogP contribution is 2.23. The second-order valence-corrected chi connectivity index (χ2v) is 3.78. The van der Waals surface area contributed by atoms with E-state index in [1.165, 1.54) is 0 Å². The minimum absolute atomic E-state index is 0.359. The van der Waals surface area contributed by atoms with Crippen LogP contribution < -0.4 is 10.5 Å². The fourth-order valence-electron chi connectivity index (χ4n) is 1.52. The van der Waals surface area contributed by atoms with Crippen molar-refractivity contribution in [2.75, 3.05) is 13.7 Å². The van der Waals surface area contributed by atoms with Crippen LogP contribution in [0, 0.1) is 0 Å². The Balaban J connectivity index is 2.74. The van der Waals surface area contributed by atoms with E-state index in [1.807, 2.05) is 0 Å². The van der Waals surface area contributed by atoms with Crippen LogP contribution in [0.5, 0.6) is 5.75 Å². The molecule has 0 aliphatic carbocycles. The van der Waals surface area contributed by atoms with Gasteiger partial charge in [0.25, 0.3) is 6.43 Å². The van der Waals surface area contributed by atoms with E-state index in [2.05, 4.69) is 0 Å². The lowest BCUT2D eigenvalue weighted by atomic mass is 10.0. The molecule has 0 saturated carbocycles. The minimum atomic E-state index is -2.49. The zero-order valence-electron chi connectivity index (χ0n) is 9.90. The van der Waals surface area contributed by atoms with Crippen LogP contribution in [0.4, 0.5) is 8.78 Å². The molecule has 0 heterocycles. The van der Waals surface area contributed by atoms with Crippen LogP contribution in [0.3, 0.4) is 0 Å². The topological polar surface area (TPSA) is 44.5 Å². The van der Waals surface area contributed by atoms with Crippen LogP contribution in [-0.2, 0) is 4.74 Å². The Hall–Kier alpha value is -1.20. The molecule has 1 rings (SSSR count). The van der Waals surface area contributed by atoms with E-state index >= 15 is 0 Å². The molecule has 1 aromatic carbocycles. The van der Waals surface area contributed by atoms with Crippen molar-refractivity contribution in [2.24, 2.45) is 5.73 Å². The Morgan fingerprint density at radius 1 is 1.24 bits per heavy atom. The molecule has 0 radical (unpaired) electrons. The number of rotatable bonds is 6. The molecule has 1 aromatic rings. The third kappa shape index (κ3) is 4.28. The van der Waals surface area contributed by atoms with Gasteiger partial charge >= 0.3 is 0 Å². The molecule has 5 heteroatoms. The average molecular weight is 245 g/mol. The average Bonchev–Trinajstić information content (AvgIpc) is 2.29. The second kappa shape index (κ2) is 6.51. The molecular weight excluding hydrogens is 228 g/mol. The Labute approximate surface area is 99.5 Å². The molecule has 96 valence electrons. The van der Waals surface area contributed by atoms with Gasteiger partial charge in [0.1, 0.15) is 12.4 Å². The van der Waals surface area contributed by atoms with Gasteiger partial charge in [-0.05, 0) is 24.6 Å². The summed E-state index contributed by atoms with van der Waals surface area (Å²) in [4.78, 5) is 0. The molecule has 0 aliphatic heterocycles. The quantitative estimate of drug-likeness (QED) is 0.836. The van der Waals surface area contributed by atoms with Crippen molar-refractivity contribution in [3.8, 4) is 5.75 Å². The first-order valence-corrected chi connectivity index (χ1v) is 5.34. The summed E-state index contributed by atoms with van der Waals surface area (Å²) >= 11 is 0. The maximum atomic E-state index is 12.1. The van der Waals surface area contributed by atoms with Gasteiger partial charge in [0.2, 0.25) is 0 Å². The summed E-state index contributed by atoms with van der Waals surface area (Å²) in [6, 6.07) is 6.66. The molecule has 17 heavy (non-hydrogen) atoms. The van der Waals surface area contributed by atoms with Crippen LogP contribution in [0.25, 0.3) is 0 Å². The fourth-order valence-corrected chi connectivity index (χ4v) is 1.52. The molecule has 0 fully saturated rings. The highest BCUT2D eigenvalue weighted by atomic mass is 19.3. The predicted octanol–water partition coefficient (Wildman–Crippen LogP) is 2.37. The van der Waals surface area contributed by atoms with Gasteiger partial charge in [-0.25, -0.2) is 8.78 Å². The van der Waals surface area contributed by atoms with Crippen LogP contribution in [0.1, 0.15) is 18.6 Å². The lowest BCUT2D eigenvalue weighted by molar-refractivity contribution is -0.0326. The lowest BCUT2D eigenvalue weighted by Gasteiger charge is -2.21. The van der Waals surface area contributed by atoms with E-state index in [-0.39, 0.29) is 6.04 Å². The van der Waals surface area contributed by atoms with E-state index in [0.717, 1.165) is 5.56 Å². The van der Waals surface area contributed by atoms with Gasteiger partial charge in [-0.15, -0.1) is 0 Å². The van der Waals surface area contributed by atoms with Crippen LogP contribution >= 0.6 is 0 Å². The summed E-state index contributed by atoms with van der Waals surface area (Å²) in [6.07, 6.45) is -3.02. The van der Waals surface area contributed by atoms with Crippen LogP contribution in [0.2, 0.25) is 0 Å². The number of benzene rings is 1. The third-order valence-electron chi connectivity index (χ3n) is 2.32. The molecule has 2 N–H and O–H groups in total. The maximum absolute atomic E-state index is 12.1. The van der Waals surface area contributed by atoms with Crippen LogP contribution in [0.15, 0.2) is 24.3 Å². The summed E-state index contributed by atoms with van der Waals surface area (Å²) in [6.45, 7) is 1.11. The third-order valence-corrected chi connectivity index (χ3v) is 2.32. The van der Waals surface area contributed by atoms with Crippen molar-refractivity contribution in [3.05, 3.63) is 29.8 Å². The summed E-state index contributed by atoms with van der Waals surface area (Å²) in [5.74, 6) is 0.700. The molecular formula is C12H17F2NO2. The van der Waals surface area contributed by atoms with Gasteiger partial charge in [-0.3, -0.25) is 0 Å². The zero-order chi connectivity index (χ0) is 12.8. The molecule has 0 bridgehead atoms. The number of halogens is 2. The maximum Gasteiger partial charge on any atom is 0.261 e. The van der Waals surface area contributed by atoms with E-state index in [1.54, 1.807) is 38.3 Å².